The predicted octanol–water partition coefficient (Wildman–Crippen LogP) is 1.38. The van der Waals surface area contributed by atoms with Gasteiger partial charge in [-0.15, -0.1) is 0 Å². The number of pyridine rings is 1. The van der Waals surface area contributed by atoms with Gasteiger partial charge >= 0.3 is 0 Å². The second-order valence-electron chi connectivity index (χ2n) is 6.36. The number of aromatic nitrogens is 5. The maximum absolute atomic E-state index is 10.6. The molecule has 0 bridgehead atoms. The lowest BCUT2D eigenvalue weighted by molar-refractivity contribution is 0.203. The largest absolute Gasteiger partial charge is 0.380 e. The van der Waals surface area contributed by atoms with E-state index in [4.69, 9.17) is 5.26 Å². The summed E-state index contributed by atoms with van der Waals surface area (Å²) in [7, 11) is 1.80. The Labute approximate surface area is 150 Å². The normalized spacial score (nSPS) is 15.2. The zero-order valence-corrected chi connectivity index (χ0v) is 14.4. The van der Waals surface area contributed by atoms with Crippen LogP contribution in [0.25, 0.3) is 0 Å². The monoisotopic (exact) mass is 349 g/mol. The van der Waals surface area contributed by atoms with Crippen molar-refractivity contribution in [3.63, 3.8) is 0 Å². The minimum absolute atomic E-state index is 0.551. The van der Waals surface area contributed by atoms with E-state index in [1.165, 1.54) is 0 Å². The fourth-order valence-corrected chi connectivity index (χ4v) is 3.26. The molecule has 0 saturated carbocycles. The van der Waals surface area contributed by atoms with Crippen LogP contribution in [0.2, 0.25) is 0 Å². The molecule has 0 aromatic carbocycles. The molecule has 8 heteroatoms. The minimum atomic E-state index is -0.802. The van der Waals surface area contributed by atoms with Crippen LogP contribution in [0.5, 0.6) is 0 Å². The van der Waals surface area contributed by atoms with Crippen molar-refractivity contribution in [1.82, 2.24) is 24.5 Å². The van der Waals surface area contributed by atoms with Crippen LogP contribution in [-0.4, -0.2) is 36.2 Å². The maximum Gasteiger partial charge on any atom is 0.139 e. The Morgan fingerprint density at radius 2 is 2.15 bits per heavy atom. The molecule has 4 heterocycles. The summed E-state index contributed by atoms with van der Waals surface area (Å²) in [6.45, 7) is 2.31. The van der Waals surface area contributed by atoms with Gasteiger partial charge in [0.25, 0.3) is 0 Å². The van der Waals surface area contributed by atoms with Crippen LogP contribution in [0.1, 0.15) is 35.2 Å². The quantitative estimate of drug-likeness (QED) is 0.767. The predicted molar refractivity (Wildman–Crippen MR) is 94.1 cm³/mol. The SMILES string of the molecule is Cn1nccc1C(O)c1cc2n(n1)CCCN(c1ccc(C#N)cn1)C2. The van der Waals surface area contributed by atoms with E-state index in [-0.39, 0.29) is 0 Å². The van der Waals surface area contributed by atoms with E-state index >= 15 is 0 Å². The van der Waals surface area contributed by atoms with E-state index in [1.54, 1.807) is 36.3 Å². The molecule has 26 heavy (non-hydrogen) atoms. The molecule has 8 nitrogen and oxygen atoms in total. The number of fused-ring (bicyclic) bond motifs is 1. The van der Waals surface area contributed by atoms with Crippen LogP contribution in [0.3, 0.4) is 0 Å². The van der Waals surface area contributed by atoms with Gasteiger partial charge in [-0.3, -0.25) is 9.36 Å². The topological polar surface area (TPSA) is 95.8 Å². The minimum Gasteiger partial charge on any atom is -0.380 e. The van der Waals surface area contributed by atoms with Crippen molar-refractivity contribution in [1.29, 1.82) is 5.26 Å². The lowest BCUT2D eigenvalue weighted by Crippen LogP contribution is -2.23. The van der Waals surface area contributed by atoms with Gasteiger partial charge in [-0.1, -0.05) is 0 Å². The Hall–Kier alpha value is -3.18. The molecule has 1 aliphatic rings. The maximum atomic E-state index is 10.6. The van der Waals surface area contributed by atoms with Gasteiger partial charge in [0.1, 0.15) is 18.0 Å². The Morgan fingerprint density at radius 1 is 1.27 bits per heavy atom. The van der Waals surface area contributed by atoms with Gasteiger partial charge in [-0.05, 0) is 30.7 Å². The Kier molecular flexibility index (Phi) is 4.14. The summed E-state index contributed by atoms with van der Waals surface area (Å²) in [4.78, 5) is 6.56. The average molecular weight is 349 g/mol. The lowest BCUT2D eigenvalue weighted by atomic mass is 10.2. The number of aryl methyl sites for hydroxylation is 2. The first kappa shape index (κ1) is 16.3. The van der Waals surface area contributed by atoms with Crippen LogP contribution in [-0.2, 0) is 20.1 Å². The van der Waals surface area contributed by atoms with E-state index in [0.29, 0.717) is 23.5 Å². The number of anilines is 1. The van der Waals surface area contributed by atoms with Crippen molar-refractivity contribution >= 4 is 5.82 Å². The number of aliphatic hydroxyl groups excluding tert-OH is 1. The Bertz CT molecular complexity index is 951. The molecule has 132 valence electrons. The second-order valence-corrected chi connectivity index (χ2v) is 6.36. The van der Waals surface area contributed by atoms with E-state index in [2.05, 4.69) is 26.2 Å². The van der Waals surface area contributed by atoms with Crippen molar-refractivity contribution in [3.8, 4) is 6.07 Å². The highest BCUT2D eigenvalue weighted by Gasteiger charge is 2.22. The molecule has 0 spiro atoms. The number of hydrogen-bond acceptors (Lipinski definition) is 6. The standard InChI is InChI=1S/C18H19N7O/c1-23-16(5-6-21-23)18(26)15-9-14-12-24(7-2-8-25(14)22-15)17-4-3-13(10-19)11-20-17/h3-6,9,11,18,26H,2,7-8,12H2,1H3. The fourth-order valence-electron chi connectivity index (χ4n) is 3.26. The van der Waals surface area contributed by atoms with Crippen molar-refractivity contribution < 1.29 is 5.11 Å². The van der Waals surface area contributed by atoms with Gasteiger partial charge in [0, 0.05) is 32.5 Å². The van der Waals surface area contributed by atoms with Gasteiger partial charge < -0.3 is 10.0 Å². The van der Waals surface area contributed by atoms with E-state index < -0.39 is 6.10 Å². The molecule has 4 rings (SSSR count). The third-order valence-corrected chi connectivity index (χ3v) is 4.65. The Balaban J connectivity index is 1.59. The van der Waals surface area contributed by atoms with Crippen LogP contribution < -0.4 is 4.90 Å². The number of rotatable bonds is 3. The fraction of sp³-hybridized carbons (Fsp3) is 0.333. The third-order valence-electron chi connectivity index (χ3n) is 4.65. The van der Waals surface area contributed by atoms with Gasteiger partial charge in [0.15, 0.2) is 0 Å². The first-order chi connectivity index (χ1) is 12.7. The zero-order valence-electron chi connectivity index (χ0n) is 14.4. The summed E-state index contributed by atoms with van der Waals surface area (Å²) < 4.78 is 3.61. The number of aliphatic hydroxyl groups is 1. The first-order valence-corrected chi connectivity index (χ1v) is 8.49. The van der Waals surface area contributed by atoms with Crippen LogP contribution in [0, 0.1) is 11.3 Å². The molecular formula is C18H19N7O. The van der Waals surface area contributed by atoms with Crippen molar-refractivity contribution in [2.75, 3.05) is 11.4 Å². The summed E-state index contributed by atoms with van der Waals surface area (Å²) in [5.74, 6) is 0.840. The molecule has 0 amide bonds. The molecule has 1 unspecified atom stereocenters. The lowest BCUT2D eigenvalue weighted by Gasteiger charge is -2.20. The third kappa shape index (κ3) is 2.93. The highest BCUT2D eigenvalue weighted by atomic mass is 16.3. The van der Waals surface area contributed by atoms with Gasteiger partial charge in [-0.25, -0.2) is 4.98 Å². The molecule has 0 fully saturated rings. The van der Waals surface area contributed by atoms with Crippen molar-refractivity contribution in [2.45, 2.75) is 25.6 Å². The molecule has 3 aromatic rings. The van der Waals surface area contributed by atoms with Crippen LogP contribution >= 0.6 is 0 Å². The van der Waals surface area contributed by atoms with E-state index in [0.717, 1.165) is 31.0 Å². The summed E-state index contributed by atoms with van der Waals surface area (Å²) in [6.07, 6.45) is 3.38. The summed E-state index contributed by atoms with van der Waals surface area (Å²) in [6, 6.07) is 9.48. The van der Waals surface area contributed by atoms with Crippen LogP contribution in [0.15, 0.2) is 36.7 Å². The smallest absolute Gasteiger partial charge is 0.139 e. The summed E-state index contributed by atoms with van der Waals surface area (Å²) in [5.41, 5.74) is 2.92. The molecule has 0 saturated heterocycles. The number of nitriles is 1. The van der Waals surface area contributed by atoms with Crippen LogP contribution in [0.4, 0.5) is 5.82 Å². The molecule has 3 aromatic heterocycles. The first-order valence-electron chi connectivity index (χ1n) is 8.49. The molecule has 1 atom stereocenters. The van der Waals surface area contributed by atoms with Gasteiger partial charge in [-0.2, -0.15) is 15.5 Å². The van der Waals surface area contributed by atoms with Crippen molar-refractivity contribution in [2.24, 2.45) is 7.05 Å². The van der Waals surface area contributed by atoms with Crippen molar-refractivity contribution in [3.05, 3.63) is 59.3 Å². The van der Waals surface area contributed by atoms with E-state index in [1.807, 2.05) is 16.8 Å². The molecular weight excluding hydrogens is 330 g/mol. The molecule has 1 N–H and O–H groups in total. The summed E-state index contributed by atoms with van der Waals surface area (Å²) in [5, 5.41) is 28.3. The average Bonchev–Trinajstić information content (AvgIpc) is 3.22. The molecule has 0 aliphatic carbocycles. The highest BCUT2D eigenvalue weighted by Crippen LogP contribution is 2.24. The number of nitrogens with zero attached hydrogens (tertiary/aromatic N) is 7. The second kappa shape index (κ2) is 6.61. The zero-order chi connectivity index (χ0) is 18.1. The molecule has 1 aliphatic heterocycles. The molecule has 0 radical (unpaired) electrons. The van der Waals surface area contributed by atoms with E-state index in [9.17, 15) is 5.11 Å². The summed E-state index contributed by atoms with van der Waals surface area (Å²) >= 11 is 0. The Morgan fingerprint density at radius 3 is 2.85 bits per heavy atom. The van der Waals surface area contributed by atoms with Gasteiger partial charge in [0.05, 0.1) is 29.2 Å². The van der Waals surface area contributed by atoms with Gasteiger partial charge in [0.2, 0.25) is 0 Å². The number of hydrogen-bond donors (Lipinski definition) is 1. The highest BCUT2D eigenvalue weighted by molar-refractivity contribution is 5.42.